The third kappa shape index (κ3) is 3.05. The molecule has 2 atom stereocenters. The maximum atomic E-state index is 6.12. The third-order valence-electron chi connectivity index (χ3n) is 3.05. The summed E-state index contributed by atoms with van der Waals surface area (Å²) < 4.78 is 5.58. The normalized spacial score (nSPS) is 22.9. The molecule has 1 aliphatic rings. The monoisotopic (exact) mass is 205 g/mol. The highest BCUT2D eigenvalue weighted by molar-refractivity contribution is 5.18. The molecular weight excluding hydrogens is 186 g/mol. The minimum Gasteiger partial charge on any atom is -0.378 e. The van der Waals surface area contributed by atoms with Crippen LogP contribution in [0.25, 0.3) is 0 Å². The number of rotatable bonds is 4. The van der Waals surface area contributed by atoms with Gasteiger partial charge >= 0.3 is 0 Å². The van der Waals surface area contributed by atoms with Gasteiger partial charge in [-0.3, -0.25) is 0 Å². The number of hydrogen-bond donors (Lipinski definition) is 1. The van der Waals surface area contributed by atoms with E-state index < -0.39 is 0 Å². The van der Waals surface area contributed by atoms with E-state index in [0.717, 1.165) is 19.4 Å². The zero-order chi connectivity index (χ0) is 10.5. The molecule has 2 N–H and O–H groups in total. The molecular formula is C13H19NO. The Hall–Kier alpha value is -0.860. The maximum Gasteiger partial charge on any atom is 0.0576 e. The largest absolute Gasteiger partial charge is 0.378 e. The van der Waals surface area contributed by atoms with E-state index in [1.807, 2.05) is 18.2 Å². The third-order valence-corrected chi connectivity index (χ3v) is 3.05. The minimum atomic E-state index is 0.162. The standard InChI is InChI=1S/C13H19NO/c14-13(11-5-2-1-3-6-11)9-8-12-7-4-10-15-12/h1-3,5-6,12-13H,4,7-10,14H2. The van der Waals surface area contributed by atoms with E-state index in [4.69, 9.17) is 10.5 Å². The van der Waals surface area contributed by atoms with E-state index in [1.54, 1.807) is 0 Å². The van der Waals surface area contributed by atoms with Gasteiger partial charge in [-0.05, 0) is 31.2 Å². The maximum absolute atomic E-state index is 6.12. The van der Waals surface area contributed by atoms with Crippen LogP contribution in [0.2, 0.25) is 0 Å². The smallest absolute Gasteiger partial charge is 0.0576 e. The lowest BCUT2D eigenvalue weighted by molar-refractivity contribution is 0.101. The predicted molar refractivity (Wildman–Crippen MR) is 61.6 cm³/mol. The van der Waals surface area contributed by atoms with Crippen LogP contribution in [0.4, 0.5) is 0 Å². The predicted octanol–water partition coefficient (Wildman–Crippen LogP) is 2.65. The zero-order valence-corrected chi connectivity index (χ0v) is 9.06. The minimum absolute atomic E-state index is 0.162. The molecule has 2 nitrogen and oxygen atoms in total. The van der Waals surface area contributed by atoms with Gasteiger partial charge in [0.05, 0.1) is 6.10 Å². The molecule has 1 aromatic rings. The molecule has 1 heterocycles. The van der Waals surface area contributed by atoms with Crippen LogP contribution in [0.3, 0.4) is 0 Å². The Balaban J connectivity index is 1.79. The SMILES string of the molecule is NC(CCC1CCCO1)c1ccccc1. The summed E-state index contributed by atoms with van der Waals surface area (Å²) >= 11 is 0. The Morgan fingerprint density at radius 1 is 1.33 bits per heavy atom. The molecule has 1 aromatic carbocycles. The average Bonchev–Trinajstić information content (AvgIpc) is 2.80. The molecule has 0 radical (unpaired) electrons. The van der Waals surface area contributed by atoms with Gasteiger partial charge in [0.25, 0.3) is 0 Å². The first-order chi connectivity index (χ1) is 7.36. The Kier molecular flexibility index (Phi) is 3.75. The molecule has 1 fully saturated rings. The van der Waals surface area contributed by atoms with Crippen molar-refractivity contribution in [2.75, 3.05) is 6.61 Å². The summed E-state index contributed by atoms with van der Waals surface area (Å²) in [5.41, 5.74) is 7.35. The van der Waals surface area contributed by atoms with E-state index in [2.05, 4.69) is 12.1 Å². The van der Waals surface area contributed by atoms with Gasteiger partial charge < -0.3 is 10.5 Å². The lowest BCUT2D eigenvalue weighted by atomic mass is 10.0. The molecule has 0 aliphatic carbocycles. The van der Waals surface area contributed by atoms with E-state index in [9.17, 15) is 0 Å². The van der Waals surface area contributed by atoms with E-state index in [0.29, 0.717) is 6.10 Å². The molecule has 0 saturated carbocycles. The molecule has 15 heavy (non-hydrogen) atoms. The molecule has 82 valence electrons. The summed E-state index contributed by atoms with van der Waals surface area (Å²) in [7, 11) is 0. The first-order valence-corrected chi connectivity index (χ1v) is 5.78. The molecule has 1 saturated heterocycles. The van der Waals surface area contributed by atoms with Crippen LogP contribution >= 0.6 is 0 Å². The Labute approximate surface area is 91.4 Å². The molecule has 2 rings (SSSR count). The van der Waals surface area contributed by atoms with E-state index in [-0.39, 0.29) is 6.04 Å². The van der Waals surface area contributed by atoms with E-state index in [1.165, 1.54) is 18.4 Å². The second-order valence-electron chi connectivity index (χ2n) is 4.23. The highest BCUT2D eigenvalue weighted by Gasteiger charge is 2.16. The van der Waals surface area contributed by atoms with Crippen molar-refractivity contribution in [1.29, 1.82) is 0 Å². The van der Waals surface area contributed by atoms with Crippen molar-refractivity contribution >= 4 is 0 Å². The molecule has 0 spiro atoms. The second-order valence-corrected chi connectivity index (χ2v) is 4.23. The van der Waals surface area contributed by atoms with Crippen LogP contribution in [0.1, 0.15) is 37.3 Å². The molecule has 1 aliphatic heterocycles. The summed E-state index contributed by atoms with van der Waals surface area (Å²) in [6.45, 7) is 0.936. The fourth-order valence-corrected chi connectivity index (χ4v) is 2.10. The van der Waals surface area contributed by atoms with Crippen molar-refractivity contribution in [2.24, 2.45) is 5.73 Å². The van der Waals surface area contributed by atoms with Crippen molar-refractivity contribution in [3.8, 4) is 0 Å². The summed E-state index contributed by atoms with van der Waals surface area (Å²) in [6.07, 6.45) is 5.00. The molecule has 0 bridgehead atoms. The van der Waals surface area contributed by atoms with Crippen LogP contribution < -0.4 is 5.73 Å². The van der Waals surface area contributed by atoms with Crippen LogP contribution in [0, 0.1) is 0 Å². The van der Waals surface area contributed by atoms with Gasteiger partial charge in [-0.2, -0.15) is 0 Å². The van der Waals surface area contributed by atoms with Crippen molar-refractivity contribution in [2.45, 2.75) is 37.8 Å². The molecule has 0 amide bonds. The fourth-order valence-electron chi connectivity index (χ4n) is 2.10. The van der Waals surface area contributed by atoms with E-state index >= 15 is 0 Å². The topological polar surface area (TPSA) is 35.2 Å². The molecule has 2 heteroatoms. The van der Waals surface area contributed by atoms with Gasteiger partial charge in [-0.15, -0.1) is 0 Å². The summed E-state index contributed by atoms with van der Waals surface area (Å²) in [4.78, 5) is 0. The number of benzene rings is 1. The van der Waals surface area contributed by atoms with Gasteiger partial charge in [0.1, 0.15) is 0 Å². The van der Waals surface area contributed by atoms with Gasteiger partial charge in [-0.25, -0.2) is 0 Å². The van der Waals surface area contributed by atoms with Crippen LogP contribution in [0.5, 0.6) is 0 Å². The summed E-state index contributed by atoms with van der Waals surface area (Å²) in [5, 5.41) is 0. The number of hydrogen-bond acceptors (Lipinski definition) is 2. The lowest BCUT2D eigenvalue weighted by Gasteiger charge is -2.14. The highest BCUT2D eigenvalue weighted by Crippen LogP contribution is 2.22. The Bertz CT molecular complexity index is 280. The number of ether oxygens (including phenoxy) is 1. The summed E-state index contributed by atoms with van der Waals surface area (Å²) in [5.74, 6) is 0. The quantitative estimate of drug-likeness (QED) is 0.820. The van der Waals surface area contributed by atoms with Gasteiger partial charge in [0.15, 0.2) is 0 Å². The lowest BCUT2D eigenvalue weighted by Crippen LogP contribution is -2.14. The zero-order valence-electron chi connectivity index (χ0n) is 9.06. The summed E-state index contributed by atoms with van der Waals surface area (Å²) in [6, 6.07) is 10.5. The highest BCUT2D eigenvalue weighted by atomic mass is 16.5. The average molecular weight is 205 g/mol. The van der Waals surface area contributed by atoms with Crippen LogP contribution in [-0.2, 0) is 4.74 Å². The Morgan fingerprint density at radius 3 is 2.80 bits per heavy atom. The fraction of sp³-hybridized carbons (Fsp3) is 0.538. The van der Waals surface area contributed by atoms with Crippen molar-refractivity contribution in [3.63, 3.8) is 0 Å². The van der Waals surface area contributed by atoms with Crippen LogP contribution in [-0.4, -0.2) is 12.7 Å². The molecule has 0 aromatic heterocycles. The first kappa shape index (κ1) is 10.7. The van der Waals surface area contributed by atoms with Crippen LogP contribution in [0.15, 0.2) is 30.3 Å². The van der Waals surface area contributed by atoms with Crippen molar-refractivity contribution in [1.82, 2.24) is 0 Å². The van der Waals surface area contributed by atoms with Crippen molar-refractivity contribution < 1.29 is 4.74 Å². The van der Waals surface area contributed by atoms with Gasteiger partial charge in [-0.1, -0.05) is 30.3 Å². The van der Waals surface area contributed by atoms with Gasteiger partial charge in [0, 0.05) is 12.6 Å². The number of nitrogens with two attached hydrogens (primary N) is 1. The molecule has 2 unspecified atom stereocenters. The van der Waals surface area contributed by atoms with Gasteiger partial charge in [0.2, 0.25) is 0 Å². The second kappa shape index (κ2) is 5.29. The first-order valence-electron chi connectivity index (χ1n) is 5.78. The Morgan fingerprint density at radius 2 is 2.13 bits per heavy atom. The van der Waals surface area contributed by atoms with Crippen molar-refractivity contribution in [3.05, 3.63) is 35.9 Å².